The van der Waals surface area contributed by atoms with E-state index in [0.717, 1.165) is 71.6 Å². The highest BCUT2D eigenvalue weighted by Crippen LogP contribution is 2.46. The van der Waals surface area contributed by atoms with Gasteiger partial charge in [0.1, 0.15) is 11.4 Å². The van der Waals surface area contributed by atoms with Crippen LogP contribution in [0.25, 0.3) is 16.8 Å². The Morgan fingerprint density at radius 2 is 1.83 bits per heavy atom. The fraction of sp³-hybridized carbons (Fsp3) is 0.576. The normalized spacial score (nSPS) is 21.4. The molecule has 0 aromatic carbocycles. The molecule has 0 radical (unpaired) electrons. The van der Waals surface area contributed by atoms with Gasteiger partial charge in [0.2, 0.25) is 0 Å². The molecule has 1 saturated carbocycles. The van der Waals surface area contributed by atoms with Crippen LogP contribution >= 0.6 is 11.9 Å². The number of hydrogen-bond acceptors (Lipinski definition) is 6. The number of amides is 1. The van der Waals surface area contributed by atoms with Gasteiger partial charge in [-0.25, -0.2) is 9.78 Å². The average molecular weight is 595 g/mol. The Labute approximate surface area is 256 Å². The van der Waals surface area contributed by atoms with E-state index in [0.29, 0.717) is 0 Å². The fourth-order valence-electron chi connectivity index (χ4n) is 5.38. The van der Waals surface area contributed by atoms with Crippen molar-refractivity contribution >= 4 is 34.9 Å². The number of hydrogen-bond donors (Lipinski definition) is 1. The highest BCUT2D eigenvalue weighted by Gasteiger charge is 2.45. The third kappa shape index (κ3) is 8.06. The molecule has 230 valence electrons. The Balaban J connectivity index is 0.00000155. The van der Waals surface area contributed by atoms with E-state index >= 15 is 0 Å². The first-order valence-corrected chi connectivity index (χ1v) is 16.0. The van der Waals surface area contributed by atoms with Gasteiger partial charge in [-0.05, 0) is 97.7 Å². The molecule has 0 spiro atoms. The van der Waals surface area contributed by atoms with Gasteiger partial charge < -0.3 is 10.1 Å². The maximum Gasteiger partial charge on any atom is 0.408 e. The smallest absolute Gasteiger partial charge is 0.408 e. The van der Waals surface area contributed by atoms with E-state index < -0.39 is 5.60 Å². The van der Waals surface area contributed by atoms with E-state index in [4.69, 9.17) is 14.8 Å². The second-order valence-electron chi connectivity index (χ2n) is 12.7. The Bertz CT molecular complexity index is 1430. The number of ether oxygens (including phenoxy) is 1. The largest absolute Gasteiger partial charge is 0.444 e. The lowest BCUT2D eigenvalue weighted by Crippen LogP contribution is -2.52. The fourth-order valence-corrected chi connectivity index (χ4v) is 6.19. The predicted octanol–water partition coefficient (Wildman–Crippen LogP) is 8.92. The lowest BCUT2D eigenvalue weighted by Gasteiger charge is -2.44. The first-order valence-electron chi connectivity index (χ1n) is 15.2. The molecule has 8 nitrogen and oxygen atoms in total. The molecule has 1 fully saturated rings. The highest BCUT2D eigenvalue weighted by molar-refractivity contribution is 8.02. The number of nitrogens with one attached hydrogen (secondary N) is 1. The van der Waals surface area contributed by atoms with Crippen LogP contribution in [0, 0.1) is 0 Å². The molecule has 9 heteroatoms. The number of rotatable bonds is 8. The summed E-state index contributed by atoms with van der Waals surface area (Å²) in [6, 6.07) is 2.10. The lowest BCUT2D eigenvalue weighted by molar-refractivity contribution is 0.0409. The van der Waals surface area contributed by atoms with E-state index in [-0.39, 0.29) is 17.0 Å². The molecule has 0 unspecified atom stereocenters. The van der Waals surface area contributed by atoms with Gasteiger partial charge in [-0.15, -0.1) is 10.2 Å². The molecule has 1 N–H and O–H groups in total. The lowest BCUT2D eigenvalue weighted by atomic mass is 9.65. The minimum atomic E-state index is -0.524. The summed E-state index contributed by atoms with van der Waals surface area (Å²) in [5.41, 5.74) is 2.65. The van der Waals surface area contributed by atoms with Crippen molar-refractivity contribution in [2.24, 2.45) is 0 Å². The van der Waals surface area contributed by atoms with E-state index in [1.165, 1.54) is 6.42 Å². The minimum absolute atomic E-state index is 0.133. The van der Waals surface area contributed by atoms with Gasteiger partial charge in [-0.2, -0.15) is 0 Å². The van der Waals surface area contributed by atoms with Crippen molar-refractivity contribution in [1.29, 1.82) is 0 Å². The molecule has 1 amide bonds. The van der Waals surface area contributed by atoms with Crippen LogP contribution < -0.4 is 5.32 Å². The van der Waals surface area contributed by atoms with Gasteiger partial charge >= 0.3 is 6.09 Å². The van der Waals surface area contributed by atoms with Crippen LogP contribution in [0.3, 0.4) is 0 Å². The third-order valence-corrected chi connectivity index (χ3v) is 8.45. The van der Waals surface area contributed by atoms with E-state index in [1.807, 2.05) is 46.9 Å². The second kappa shape index (κ2) is 13.9. The van der Waals surface area contributed by atoms with Crippen LogP contribution in [0.5, 0.6) is 0 Å². The summed E-state index contributed by atoms with van der Waals surface area (Å²) >= 11 is 1.62. The highest BCUT2D eigenvalue weighted by atomic mass is 32.2. The summed E-state index contributed by atoms with van der Waals surface area (Å²) in [7, 11) is 0. The molecule has 3 heterocycles. The monoisotopic (exact) mass is 594 g/mol. The maximum absolute atomic E-state index is 12.6. The van der Waals surface area contributed by atoms with E-state index in [2.05, 4.69) is 77.5 Å². The molecule has 3 aromatic heterocycles. The average Bonchev–Trinajstić information content (AvgIpc) is 3.52. The predicted molar refractivity (Wildman–Crippen MR) is 176 cm³/mol. The molecule has 3 aromatic rings. The van der Waals surface area contributed by atoms with Crippen molar-refractivity contribution in [1.82, 2.24) is 28.9 Å². The van der Waals surface area contributed by atoms with Crippen molar-refractivity contribution in [2.75, 3.05) is 0 Å². The van der Waals surface area contributed by atoms with Crippen LogP contribution in [-0.4, -0.2) is 40.8 Å². The molecule has 0 bridgehead atoms. The van der Waals surface area contributed by atoms with E-state index in [9.17, 15) is 4.79 Å². The Morgan fingerprint density at radius 1 is 1.17 bits per heavy atom. The zero-order valence-electron chi connectivity index (χ0n) is 27.1. The Kier molecular flexibility index (Phi) is 11.1. The molecule has 0 atom stereocenters. The summed E-state index contributed by atoms with van der Waals surface area (Å²) in [5, 5.41) is 12.5. The van der Waals surface area contributed by atoms with Crippen molar-refractivity contribution in [3.8, 4) is 0 Å². The van der Waals surface area contributed by atoms with Crippen LogP contribution in [0.2, 0.25) is 0 Å². The topological polar surface area (TPSA) is 86.3 Å². The number of carbonyl (C=O) groups is 1. The van der Waals surface area contributed by atoms with Crippen molar-refractivity contribution < 1.29 is 9.53 Å². The standard InChI is InChI=1S/C30H42N6O2S.C3H8/c1-9-14-30(17-15-29(8,16-18-30)32-27(37)38-28(5,6)7)26-34-33-24-20-31-25-23(36(24)26)13-19-35(25)39-22(10-2)12-11-21(3)4;1-3-2/h10-13,19-20H,3,9,14-18H2,1-2,4-8H3,(H,32,37);3H2,1-2H3/b12-11-,22-10+;. The summed E-state index contributed by atoms with van der Waals surface area (Å²) in [5.74, 6) is 0.988. The number of allylic oxidation sites excluding steroid dienone is 4. The van der Waals surface area contributed by atoms with Crippen molar-refractivity contribution in [2.45, 2.75) is 124 Å². The summed E-state index contributed by atoms with van der Waals surface area (Å²) in [6.45, 7) is 22.2. The maximum atomic E-state index is 12.6. The first kappa shape index (κ1) is 33.4. The molecule has 42 heavy (non-hydrogen) atoms. The van der Waals surface area contributed by atoms with Gasteiger partial charge in [0.25, 0.3) is 0 Å². The quantitative estimate of drug-likeness (QED) is 0.262. The number of fused-ring (bicyclic) bond motifs is 3. The van der Waals surface area contributed by atoms with Crippen LogP contribution in [0.1, 0.15) is 113 Å². The Morgan fingerprint density at radius 3 is 2.40 bits per heavy atom. The number of aromatic nitrogens is 5. The molecule has 0 aliphatic heterocycles. The SMILES string of the molecule is C=C(C)/C=C\C(=C/C)Sn1ccc2c1ncc1nnc(C3(CCC)CCC(C)(NC(=O)OC(C)(C)C)CC3)n12.CCC. The number of carbonyl (C=O) groups excluding carboxylic acids is 1. The first-order chi connectivity index (χ1) is 19.8. The molecule has 0 saturated heterocycles. The molecule has 1 aliphatic rings. The summed E-state index contributed by atoms with van der Waals surface area (Å²) < 4.78 is 9.83. The van der Waals surface area contributed by atoms with Gasteiger partial charge in [0.05, 0.1) is 11.7 Å². The van der Waals surface area contributed by atoms with Gasteiger partial charge in [0.15, 0.2) is 11.3 Å². The summed E-state index contributed by atoms with van der Waals surface area (Å²) in [6.07, 6.45) is 16.5. The van der Waals surface area contributed by atoms with Crippen LogP contribution in [0.15, 0.2) is 53.7 Å². The third-order valence-electron chi connectivity index (χ3n) is 7.37. The van der Waals surface area contributed by atoms with Crippen molar-refractivity contribution in [3.05, 3.63) is 59.6 Å². The Hall–Kier alpha value is -3.07. The second-order valence-corrected chi connectivity index (χ2v) is 13.8. The minimum Gasteiger partial charge on any atom is -0.444 e. The van der Waals surface area contributed by atoms with Gasteiger partial charge in [-0.3, -0.25) is 8.37 Å². The molecular formula is C33H50N6O2S. The molecular weight excluding hydrogens is 544 g/mol. The van der Waals surface area contributed by atoms with Crippen LogP contribution in [-0.2, 0) is 10.2 Å². The zero-order chi connectivity index (χ0) is 31.1. The molecule has 1 aliphatic carbocycles. The molecule has 4 rings (SSSR count). The van der Waals surface area contributed by atoms with Gasteiger partial charge in [0, 0.05) is 22.1 Å². The van der Waals surface area contributed by atoms with Gasteiger partial charge in [-0.1, -0.05) is 57.9 Å². The number of alkyl carbamates (subject to hydrolysis) is 1. The number of nitrogens with zero attached hydrogens (tertiary/aromatic N) is 5. The van der Waals surface area contributed by atoms with E-state index in [1.54, 1.807) is 11.9 Å². The zero-order valence-corrected chi connectivity index (χ0v) is 27.9. The summed E-state index contributed by atoms with van der Waals surface area (Å²) in [4.78, 5) is 18.4. The van der Waals surface area contributed by atoms with Crippen LogP contribution in [0.4, 0.5) is 4.79 Å². The van der Waals surface area contributed by atoms with Crippen molar-refractivity contribution in [3.63, 3.8) is 0 Å².